The minimum atomic E-state index is -3.58. The first kappa shape index (κ1) is 14.7. The number of halogens is 1. The lowest BCUT2D eigenvalue weighted by atomic mass is 10.1. The van der Waals surface area contributed by atoms with Crippen LogP contribution in [0, 0.1) is 0 Å². The second-order valence-corrected chi connectivity index (χ2v) is 6.78. The van der Waals surface area contributed by atoms with Crippen molar-refractivity contribution < 1.29 is 13.2 Å². The summed E-state index contributed by atoms with van der Waals surface area (Å²) in [5, 5.41) is 0.937. The van der Waals surface area contributed by atoms with Gasteiger partial charge in [-0.2, -0.15) is 0 Å². The van der Waals surface area contributed by atoms with Crippen molar-refractivity contribution in [2.24, 2.45) is 0 Å². The average Bonchev–Trinajstić information content (AvgIpc) is 2.46. The molecule has 0 aromatic heterocycles. The van der Waals surface area contributed by atoms with Crippen LogP contribution in [0.4, 0.5) is 0 Å². The first-order valence-electron chi connectivity index (χ1n) is 5.77. The van der Waals surface area contributed by atoms with E-state index >= 15 is 0 Å². The molecule has 0 spiro atoms. The van der Waals surface area contributed by atoms with E-state index in [1.807, 2.05) is 0 Å². The Labute approximate surface area is 126 Å². The van der Waals surface area contributed by atoms with Crippen molar-refractivity contribution in [1.82, 2.24) is 0 Å². The maximum Gasteiger partial charge on any atom is 0.199 e. The number of carbonyl (C=O) groups excluding carboxylic acids is 1. The van der Waals surface area contributed by atoms with Gasteiger partial charge in [0.05, 0.1) is 4.90 Å². The van der Waals surface area contributed by atoms with Crippen molar-refractivity contribution in [3.05, 3.63) is 76.1 Å². The number of ketones is 1. The van der Waals surface area contributed by atoms with E-state index < -0.39 is 9.84 Å². The molecular formula is C15H11BrO3S. The summed E-state index contributed by atoms with van der Waals surface area (Å²) in [7, 11) is -3.58. The summed E-state index contributed by atoms with van der Waals surface area (Å²) in [4.78, 5) is 12.0. The first-order chi connectivity index (χ1) is 9.49. The molecule has 0 aliphatic rings. The van der Waals surface area contributed by atoms with Crippen LogP contribution in [0.3, 0.4) is 0 Å². The van der Waals surface area contributed by atoms with E-state index in [2.05, 4.69) is 15.9 Å². The van der Waals surface area contributed by atoms with Gasteiger partial charge in [0.15, 0.2) is 15.6 Å². The number of hydrogen-bond donors (Lipinski definition) is 0. The van der Waals surface area contributed by atoms with Gasteiger partial charge in [-0.1, -0.05) is 34.1 Å². The van der Waals surface area contributed by atoms with Crippen molar-refractivity contribution in [2.75, 3.05) is 0 Å². The van der Waals surface area contributed by atoms with Crippen LogP contribution in [0.5, 0.6) is 0 Å². The van der Waals surface area contributed by atoms with Crippen molar-refractivity contribution >= 4 is 31.6 Å². The summed E-state index contributed by atoms with van der Waals surface area (Å²) >= 11 is 3.27. The second kappa shape index (κ2) is 6.15. The predicted molar refractivity (Wildman–Crippen MR) is 81.2 cm³/mol. The molecule has 0 saturated carbocycles. The average molecular weight is 351 g/mol. The molecule has 0 bridgehead atoms. The molecule has 2 aromatic rings. The highest BCUT2D eigenvalue weighted by atomic mass is 79.9. The van der Waals surface area contributed by atoms with E-state index in [-0.39, 0.29) is 10.7 Å². The predicted octanol–water partition coefficient (Wildman–Crippen LogP) is 3.62. The molecule has 0 fully saturated rings. The monoisotopic (exact) mass is 350 g/mol. The van der Waals surface area contributed by atoms with Crippen LogP contribution >= 0.6 is 15.9 Å². The number of sulfone groups is 1. The van der Waals surface area contributed by atoms with Crippen LogP contribution in [0.2, 0.25) is 0 Å². The van der Waals surface area contributed by atoms with Crippen LogP contribution < -0.4 is 0 Å². The van der Waals surface area contributed by atoms with Gasteiger partial charge in [0.1, 0.15) is 0 Å². The number of carbonyl (C=O) groups is 1. The third kappa shape index (κ3) is 3.65. The number of hydrogen-bond acceptors (Lipinski definition) is 3. The molecule has 102 valence electrons. The molecule has 0 amide bonds. The van der Waals surface area contributed by atoms with Crippen molar-refractivity contribution in [2.45, 2.75) is 4.90 Å². The van der Waals surface area contributed by atoms with E-state index in [1.54, 1.807) is 42.5 Å². The van der Waals surface area contributed by atoms with Gasteiger partial charge in [-0.05, 0) is 42.5 Å². The summed E-state index contributed by atoms with van der Waals surface area (Å²) in [5.41, 5.74) is 0.438. The maximum atomic E-state index is 12.0. The van der Waals surface area contributed by atoms with E-state index in [0.29, 0.717) is 5.56 Å². The van der Waals surface area contributed by atoms with Gasteiger partial charge in [-0.25, -0.2) is 8.42 Å². The van der Waals surface area contributed by atoms with Crippen LogP contribution in [0.15, 0.2) is 75.4 Å². The van der Waals surface area contributed by atoms with Gasteiger partial charge in [-0.3, -0.25) is 4.79 Å². The minimum absolute atomic E-state index is 0.167. The molecule has 2 aromatic carbocycles. The standard InChI is InChI=1S/C15H11BrO3S/c16-13-8-6-12(7-9-13)15(17)10-11-20(18,19)14-4-2-1-3-5-14/h1-11H/b11-10+. The van der Waals surface area contributed by atoms with Crippen molar-refractivity contribution in [3.8, 4) is 0 Å². The highest BCUT2D eigenvalue weighted by Crippen LogP contribution is 2.14. The van der Waals surface area contributed by atoms with Gasteiger partial charge in [0, 0.05) is 15.4 Å². The lowest BCUT2D eigenvalue weighted by Gasteiger charge is -1.98. The maximum absolute atomic E-state index is 12.0. The number of benzene rings is 2. The van der Waals surface area contributed by atoms with Gasteiger partial charge in [-0.15, -0.1) is 0 Å². The molecule has 5 heteroatoms. The molecule has 20 heavy (non-hydrogen) atoms. The molecule has 0 N–H and O–H groups in total. The summed E-state index contributed by atoms with van der Waals surface area (Å²) in [6.45, 7) is 0. The molecule has 0 saturated heterocycles. The zero-order valence-electron chi connectivity index (χ0n) is 10.4. The zero-order chi connectivity index (χ0) is 14.6. The quantitative estimate of drug-likeness (QED) is 0.625. The summed E-state index contributed by atoms with van der Waals surface area (Å²) in [5.74, 6) is -0.350. The van der Waals surface area contributed by atoms with E-state index in [9.17, 15) is 13.2 Å². The van der Waals surface area contributed by atoms with Gasteiger partial charge >= 0.3 is 0 Å². The van der Waals surface area contributed by atoms with Gasteiger partial charge in [0.2, 0.25) is 0 Å². The Morgan fingerprint density at radius 3 is 2.15 bits per heavy atom. The molecular weight excluding hydrogens is 340 g/mol. The third-order valence-electron chi connectivity index (χ3n) is 2.60. The molecule has 3 nitrogen and oxygen atoms in total. The van der Waals surface area contributed by atoms with Crippen molar-refractivity contribution in [1.29, 1.82) is 0 Å². The fourth-order valence-corrected chi connectivity index (χ4v) is 2.81. The molecule has 0 radical (unpaired) electrons. The number of rotatable bonds is 4. The lowest BCUT2D eigenvalue weighted by molar-refractivity contribution is 0.104. The van der Waals surface area contributed by atoms with Crippen LogP contribution in [0.25, 0.3) is 0 Å². The van der Waals surface area contributed by atoms with Crippen LogP contribution in [0.1, 0.15) is 10.4 Å². The molecule has 2 rings (SSSR count). The fourth-order valence-electron chi connectivity index (χ4n) is 1.55. The molecule has 0 heterocycles. The SMILES string of the molecule is O=C(/C=C/S(=O)(=O)c1ccccc1)c1ccc(Br)cc1. The lowest BCUT2D eigenvalue weighted by Crippen LogP contribution is -1.99. The Hall–Kier alpha value is -1.72. The Balaban J connectivity index is 2.21. The Morgan fingerprint density at radius 2 is 1.55 bits per heavy atom. The van der Waals surface area contributed by atoms with E-state index in [1.165, 1.54) is 12.1 Å². The van der Waals surface area contributed by atoms with E-state index in [0.717, 1.165) is 16.0 Å². The largest absolute Gasteiger partial charge is 0.289 e. The van der Waals surface area contributed by atoms with Crippen LogP contribution in [-0.2, 0) is 9.84 Å². The Morgan fingerprint density at radius 1 is 0.950 bits per heavy atom. The molecule has 0 aliphatic carbocycles. The first-order valence-corrected chi connectivity index (χ1v) is 8.11. The third-order valence-corrected chi connectivity index (χ3v) is 4.55. The molecule has 0 unspecified atom stereocenters. The topological polar surface area (TPSA) is 51.2 Å². The normalized spacial score (nSPS) is 11.7. The molecule has 0 aliphatic heterocycles. The Bertz CT molecular complexity index is 732. The summed E-state index contributed by atoms with van der Waals surface area (Å²) in [6.07, 6.45) is 1.07. The van der Waals surface area contributed by atoms with Crippen LogP contribution in [-0.4, -0.2) is 14.2 Å². The fraction of sp³-hybridized carbons (Fsp3) is 0. The van der Waals surface area contributed by atoms with Gasteiger partial charge in [0.25, 0.3) is 0 Å². The van der Waals surface area contributed by atoms with Crippen molar-refractivity contribution in [3.63, 3.8) is 0 Å². The Kier molecular flexibility index (Phi) is 4.52. The number of allylic oxidation sites excluding steroid dienone is 1. The molecule has 0 atom stereocenters. The summed E-state index contributed by atoms with van der Waals surface area (Å²) < 4.78 is 24.8. The highest BCUT2D eigenvalue weighted by Gasteiger charge is 2.10. The smallest absolute Gasteiger partial charge is 0.199 e. The highest BCUT2D eigenvalue weighted by molar-refractivity contribution is 9.10. The zero-order valence-corrected chi connectivity index (χ0v) is 12.8. The second-order valence-electron chi connectivity index (χ2n) is 4.03. The van der Waals surface area contributed by atoms with E-state index in [4.69, 9.17) is 0 Å². The van der Waals surface area contributed by atoms with Gasteiger partial charge < -0.3 is 0 Å². The minimum Gasteiger partial charge on any atom is -0.289 e. The summed E-state index contributed by atoms with van der Waals surface area (Å²) in [6, 6.07) is 14.7.